The highest BCUT2D eigenvalue weighted by molar-refractivity contribution is 7.89. The van der Waals surface area contributed by atoms with Gasteiger partial charge < -0.3 is 14.6 Å². The molecule has 3 heterocycles. The summed E-state index contributed by atoms with van der Waals surface area (Å²) < 4.78 is 35.7. The van der Waals surface area contributed by atoms with Gasteiger partial charge in [0.2, 0.25) is 10.0 Å². The number of nitrogens with zero attached hydrogens (tertiary/aromatic N) is 6. The molecule has 1 saturated heterocycles. The highest BCUT2D eigenvalue weighted by Crippen LogP contribution is 2.32. The lowest BCUT2D eigenvalue weighted by molar-refractivity contribution is -0.757. The average molecular weight is 550 g/mol. The van der Waals surface area contributed by atoms with Gasteiger partial charge in [0.05, 0.1) is 22.8 Å². The summed E-state index contributed by atoms with van der Waals surface area (Å²) in [5.41, 5.74) is 1.49. The van der Waals surface area contributed by atoms with Crippen LogP contribution in [0.25, 0.3) is 22.4 Å². The summed E-state index contributed by atoms with van der Waals surface area (Å²) in [4.78, 5) is 37.1. The number of ether oxygens (including phenoxy) is 1. The molecule has 4 rings (SSSR count). The molecule has 0 amide bonds. The first-order valence-corrected chi connectivity index (χ1v) is 13.8. The van der Waals surface area contributed by atoms with E-state index >= 15 is 0 Å². The molecule has 2 aromatic heterocycles. The second-order valence-electron chi connectivity index (χ2n) is 8.83. The third-order valence-electron chi connectivity index (χ3n) is 6.33. The second-order valence-corrected chi connectivity index (χ2v) is 10.8. The summed E-state index contributed by atoms with van der Waals surface area (Å²) in [7, 11) is -2.18. The van der Waals surface area contributed by atoms with Crippen LogP contribution in [0.1, 0.15) is 26.0 Å². The number of hydrogen-bond acceptors (Lipinski definition) is 10. The standard InChI is InChI=1S/C23H31N7O7S/c1-4-6-18-20-21(27(3)26-18)23(31)25-22(24-20)17-15-16(7-8-19(17)36-5-2)38(34,35)29-11-9-28(10-12-29)13-14-37-30(32)33/h7-8,15H,4-6,9-14H2,1-3H3,(H,24,25,31). The average Bonchev–Trinajstić information content (AvgIpc) is 3.20. The Bertz CT molecular complexity index is 1480. The molecular weight excluding hydrogens is 518 g/mol. The Kier molecular flexibility index (Phi) is 8.28. The van der Waals surface area contributed by atoms with Crippen molar-refractivity contribution in [1.29, 1.82) is 0 Å². The van der Waals surface area contributed by atoms with Gasteiger partial charge in [0.25, 0.3) is 10.6 Å². The van der Waals surface area contributed by atoms with Gasteiger partial charge in [-0.15, -0.1) is 10.1 Å². The SMILES string of the molecule is CCCc1nn(C)c2c(=O)[nH]c(-c3cc(S(=O)(=O)N4CCN(CCO[N+](=O)[O-])CC4)ccc3OCC)nc12. The third-order valence-corrected chi connectivity index (χ3v) is 8.22. The van der Waals surface area contributed by atoms with E-state index in [-0.39, 0.29) is 36.0 Å². The highest BCUT2D eigenvalue weighted by Gasteiger charge is 2.30. The smallest absolute Gasteiger partial charge is 0.294 e. The molecule has 1 fully saturated rings. The Hall–Kier alpha value is -3.56. The maximum absolute atomic E-state index is 13.5. The van der Waals surface area contributed by atoms with E-state index in [2.05, 4.69) is 19.9 Å². The monoisotopic (exact) mass is 549 g/mol. The van der Waals surface area contributed by atoms with Gasteiger partial charge in [0, 0.05) is 39.8 Å². The van der Waals surface area contributed by atoms with E-state index < -0.39 is 15.1 Å². The quantitative estimate of drug-likeness (QED) is 0.271. The molecule has 0 unspecified atom stereocenters. The predicted molar refractivity (Wildman–Crippen MR) is 138 cm³/mol. The lowest BCUT2D eigenvalue weighted by atomic mass is 10.1. The van der Waals surface area contributed by atoms with Gasteiger partial charge in [-0.05, 0) is 31.5 Å². The van der Waals surface area contributed by atoms with Crippen LogP contribution in [-0.4, -0.2) is 88.4 Å². The fourth-order valence-corrected chi connectivity index (χ4v) is 5.95. The van der Waals surface area contributed by atoms with E-state index in [1.165, 1.54) is 21.1 Å². The molecule has 0 radical (unpaired) electrons. The largest absolute Gasteiger partial charge is 0.493 e. The Morgan fingerprint density at radius 3 is 2.58 bits per heavy atom. The van der Waals surface area contributed by atoms with Crippen LogP contribution >= 0.6 is 0 Å². The number of rotatable bonds is 11. The van der Waals surface area contributed by atoms with E-state index in [0.29, 0.717) is 60.7 Å². The van der Waals surface area contributed by atoms with Crippen molar-refractivity contribution in [2.75, 3.05) is 45.9 Å². The van der Waals surface area contributed by atoms with Crippen molar-refractivity contribution in [2.24, 2.45) is 7.05 Å². The van der Waals surface area contributed by atoms with Gasteiger partial charge in [-0.25, -0.2) is 13.4 Å². The van der Waals surface area contributed by atoms with Crippen LogP contribution in [0.3, 0.4) is 0 Å². The summed E-state index contributed by atoms with van der Waals surface area (Å²) in [6, 6.07) is 4.51. The first kappa shape index (κ1) is 27.5. The van der Waals surface area contributed by atoms with Gasteiger partial charge in [0.15, 0.2) is 5.52 Å². The van der Waals surface area contributed by atoms with Crippen molar-refractivity contribution in [1.82, 2.24) is 29.0 Å². The summed E-state index contributed by atoms with van der Waals surface area (Å²) in [6.07, 6.45) is 1.47. The van der Waals surface area contributed by atoms with Crippen LogP contribution in [0.15, 0.2) is 27.9 Å². The van der Waals surface area contributed by atoms with E-state index in [1.54, 1.807) is 13.1 Å². The number of H-pyrrole nitrogens is 1. The molecule has 206 valence electrons. The van der Waals surface area contributed by atoms with E-state index in [9.17, 15) is 23.3 Å². The maximum Gasteiger partial charge on any atom is 0.294 e. The van der Waals surface area contributed by atoms with Gasteiger partial charge >= 0.3 is 0 Å². The Labute approximate surface area is 219 Å². The molecule has 0 aliphatic carbocycles. The predicted octanol–water partition coefficient (Wildman–Crippen LogP) is 1.19. The van der Waals surface area contributed by atoms with Crippen LogP contribution < -0.4 is 10.3 Å². The lowest BCUT2D eigenvalue weighted by Gasteiger charge is -2.33. The number of benzene rings is 1. The molecule has 1 aromatic carbocycles. The van der Waals surface area contributed by atoms with Gasteiger partial charge in [-0.2, -0.15) is 9.40 Å². The third kappa shape index (κ3) is 5.63. The summed E-state index contributed by atoms with van der Waals surface area (Å²) in [5, 5.41) is 13.9. The van der Waals surface area contributed by atoms with E-state index in [0.717, 1.165) is 6.42 Å². The van der Waals surface area contributed by atoms with Crippen molar-refractivity contribution in [3.8, 4) is 17.1 Å². The van der Waals surface area contributed by atoms with Crippen LogP contribution in [0, 0.1) is 10.1 Å². The normalized spacial score (nSPS) is 15.1. The summed E-state index contributed by atoms with van der Waals surface area (Å²) in [5.74, 6) is 0.592. The molecule has 14 nitrogen and oxygen atoms in total. The zero-order chi connectivity index (χ0) is 27.4. The molecule has 0 spiro atoms. The van der Waals surface area contributed by atoms with E-state index in [4.69, 9.17) is 4.74 Å². The molecule has 0 saturated carbocycles. The van der Waals surface area contributed by atoms with Gasteiger partial charge in [0.1, 0.15) is 23.7 Å². The van der Waals surface area contributed by atoms with Crippen molar-refractivity contribution >= 4 is 21.1 Å². The number of piperazine rings is 1. The van der Waals surface area contributed by atoms with Crippen LogP contribution in [0.2, 0.25) is 0 Å². The van der Waals surface area contributed by atoms with Crippen molar-refractivity contribution in [3.63, 3.8) is 0 Å². The van der Waals surface area contributed by atoms with Crippen molar-refractivity contribution in [2.45, 2.75) is 31.6 Å². The molecule has 1 aliphatic heterocycles. The topological polar surface area (TPSA) is 166 Å². The Balaban J connectivity index is 1.66. The summed E-state index contributed by atoms with van der Waals surface area (Å²) >= 11 is 0. The first-order chi connectivity index (χ1) is 18.1. The molecule has 1 N–H and O–H groups in total. The Morgan fingerprint density at radius 1 is 1.18 bits per heavy atom. The second kappa shape index (κ2) is 11.4. The number of hydrogen-bond donors (Lipinski definition) is 1. The van der Waals surface area contributed by atoms with Crippen LogP contribution in [-0.2, 0) is 28.3 Å². The molecule has 3 aromatic rings. The Morgan fingerprint density at radius 2 is 1.92 bits per heavy atom. The van der Waals surface area contributed by atoms with Gasteiger partial charge in [-0.1, -0.05) is 13.3 Å². The number of aryl methyl sites for hydroxylation is 2. The number of fused-ring (bicyclic) bond motifs is 1. The minimum Gasteiger partial charge on any atom is -0.493 e. The van der Waals surface area contributed by atoms with Crippen molar-refractivity contribution < 1.29 is 23.1 Å². The number of aromatic amines is 1. The van der Waals surface area contributed by atoms with E-state index in [1.807, 2.05) is 18.7 Å². The maximum atomic E-state index is 13.5. The van der Waals surface area contributed by atoms with Gasteiger partial charge in [-0.3, -0.25) is 14.4 Å². The minimum atomic E-state index is -3.87. The molecular formula is C23H31N7O7S. The molecule has 0 bridgehead atoms. The molecule has 1 aliphatic rings. The minimum absolute atomic E-state index is 0.0452. The lowest BCUT2D eigenvalue weighted by Crippen LogP contribution is -2.49. The number of sulfonamides is 1. The fraction of sp³-hybridized carbons (Fsp3) is 0.522. The molecule has 15 heteroatoms. The highest BCUT2D eigenvalue weighted by atomic mass is 32.2. The zero-order valence-electron chi connectivity index (χ0n) is 21.5. The number of nitrogens with one attached hydrogen (secondary N) is 1. The molecule has 0 atom stereocenters. The van der Waals surface area contributed by atoms with Crippen LogP contribution in [0.5, 0.6) is 5.75 Å². The number of aromatic nitrogens is 4. The van der Waals surface area contributed by atoms with Crippen molar-refractivity contribution in [3.05, 3.63) is 44.4 Å². The zero-order valence-corrected chi connectivity index (χ0v) is 22.4. The fourth-order valence-electron chi connectivity index (χ4n) is 4.50. The summed E-state index contributed by atoms with van der Waals surface area (Å²) in [6.45, 7) is 5.68. The first-order valence-electron chi connectivity index (χ1n) is 12.4. The van der Waals surface area contributed by atoms with Crippen LogP contribution in [0.4, 0.5) is 0 Å². The molecule has 38 heavy (non-hydrogen) atoms.